The molecule has 0 spiro atoms. The first-order valence-corrected chi connectivity index (χ1v) is 12.3. The Morgan fingerprint density at radius 3 is 2.35 bits per heavy atom. The number of aliphatic hydroxyl groups is 1. The number of benzene rings is 2. The van der Waals surface area contributed by atoms with Crippen molar-refractivity contribution in [3.05, 3.63) is 89.6 Å². The highest BCUT2D eigenvalue weighted by Crippen LogP contribution is 2.43. The summed E-state index contributed by atoms with van der Waals surface area (Å²) in [5, 5.41) is 21.1. The molecule has 1 atom stereocenters. The van der Waals surface area contributed by atoms with Crippen molar-refractivity contribution in [2.24, 2.45) is 5.92 Å². The molecule has 1 fully saturated rings. The minimum Gasteiger partial charge on any atom is -0.481 e. The summed E-state index contributed by atoms with van der Waals surface area (Å²) < 4.78 is 6.18. The summed E-state index contributed by atoms with van der Waals surface area (Å²) in [5.74, 6) is 0.329. The fourth-order valence-corrected chi connectivity index (χ4v) is 4.98. The number of carboxylic acid groups (broad SMARTS) is 1. The molecule has 2 N–H and O–H groups in total. The SMILES string of the molecule is O=C(O)CCN(CCc1cnc([C@](O)(c2ccccc2)C2CCCCC2)o1)Cc1ccccc1. The summed E-state index contributed by atoms with van der Waals surface area (Å²) in [7, 11) is 0. The minimum absolute atomic E-state index is 0.0697. The molecule has 180 valence electrons. The summed E-state index contributed by atoms with van der Waals surface area (Å²) in [4.78, 5) is 17.8. The smallest absolute Gasteiger partial charge is 0.304 e. The molecule has 2 aromatic carbocycles. The molecule has 1 saturated carbocycles. The van der Waals surface area contributed by atoms with Gasteiger partial charge in [0, 0.05) is 32.0 Å². The van der Waals surface area contributed by atoms with Crippen LogP contribution in [0, 0.1) is 5.92 Å². The van der Waals surface area contributed by atoms with Gasteiger partial charge in [-0.15, -0.1) is 0 Å². The number of carboxylic acids is 1. The summed E-state index contributed by atoms with van der Waals surface area (Å²) >= 11 is 0. The molecule has 1 aliphatic rings. The van der Waals surface area contributed by atoms with Gasteiger partial charge in [0.15, 0.2) is 5.60 Å². The van der Waals surface area contributed by atoms with Gasteiger partial charge < -0.3 is 14.6 Å². The van der Waals surface area contributed by atoms with Crippen LogP contribution in [0.3, 0.4) is 0 Å². The Morgan fingerprint density at radius 2 is 1.68 bits per heavy atom. The molecule has 3 aromatic rings. The number of aliphatic carboxylic acids is 1. The van der Waals surface area contributed by atoms with Crippen LogP contribution in [0.25, 0.3) is 0 Å². The van der Waals surface area contributed by atoms with Crippen LogP contribution in [0.4, 0.5) is 0 Å². The third-order valence-corrected chi connectivity index (χ3v) is 6.85. The standard InChI is InChI=1S/C28H34N2O4/c31-26(32)17-19-30(21-22-10-4-1-5-11-22)18-16-25-20-29-27(34-25)28(33,23-12-6-2-7-13-23)24-14-8-3-9-15-24/h1-2,4-7,10-13,20,24,33H,3,8-9,14-19,21H2,(H,31,32)/t28-/m0/s1. The highest BCUT2D eigenvalue weighted by Gasteiger charge is 2.44. The van der Waals surface area contributed by atoms with E-state index in [1.54, 1.807) is 6.20 Å². The van der Waals surface area contributed by atoms with Gasteiger partial charge in [-0.3, -0.25) is 9.69 Å². The molecule has 1 aliphatic carbocycles. The predicted octanol–water partition coefficient (Wildman–Crippen LogP) is 5.01. The molecule has 1 heterocycles. The summed E-state index contributed by atoms with van der Waals surface area (Å²) in [6, 6.07) is 19.8. The Labute approximate surface area is 201 Å². The van der Waals surface area contributed by atoms with Crippen molar-refractivity contribution in [3.63, 3.8) is 0 Å². The number of carbonyl (C=O) groups is 1. The van der Waals surface area contributed by atoms with E-state index in [0.717, 1.165) is 36.8 Å². The van der Waals surface area contributed by atoms with Crippen molar-refractivity contribution in [3.8, 4) is 0 Å². The van der Waals surface area contributed by atoms with Gasteiger partial charge in [-0.05, 0) is 24.0 Å². The second kappa shape index (κ2) is 11.4. The van der Waals surface area contributed by atoms with Crippen molar-refractivity contribution in [1.82, 2.24) is 9.88 Å². The predicted molar refractivity (Wildman–Crippen MR) is 130 cm³/mol. The van der Waals surface area contributed by atoms with E-state index in [0.29, 0.717) is 37.7 Å². The van der Waals surface area contributed by atoms with E-state index in [1.165, 1.54) is 6.42 Å². The van der Waals surface area contributed by atoms with Gasteiger partial charge in [0.1, 0.15) is 5.76 Å². The van der Waals surface area contributed by atoms with Crippen LogP contribution >= 0.6 is 0 Å². The van der Waals surface area contributed by atoms with E-state index >= 15 is 0 Å². The van der Waals surface area contributed by atoms with Crippen LogP contribution in [0.5, 0.6) is 0 Å². The van der Waals surface area contributed by atoms with E-state index < -0.39 is 11.6 Å². The zero-order chi connectivity index (χ0) is 23.8. The summed E-state index contributed by atoms with van der Waals surface area (Å²) in [6.45, 7) is 1.77. The Balaban J connectivity index is 1.50. The van der Waals surface area contributed by atoms with Crippen LogP contribution in [0.2, 0.25) is 0 Å². The highest BCUT2D eigenvalue weighted by molar-refractivity contribution is 5.66. The van der Waals surface area contributed by atoms with Gasteiger partial charge in [-0.2, -0.15) is 0 Å². The van der Waals surface area contributed by atoms with E-state index in [9.17, 15) is 9.90 Å². The molecule has 0 amide bonds. The number of aromatic nitrogens is 1. The molecular formula is C28H34N2O4. The van der Waals surface area contributed by atoms with Crippen LogP contribution in [-0.2, 0) is 23.4 Å². The first kappa shape index (κ1) is 24.2. The lowest BCUT2D eigenvalue weighted by Gasteiger charge is -2.36. The molecule has 1 aromatic heterocycles. The number of hydrogen-bond acceptors (Lipinski definition) is 5. The van der Waals surface area contributed by atoms with Gasteiger partial charge in [0.2, 0.25) is 5.89 Å². The first-order chi connectivity index (χ1) is 16.6. The summed E-state index contributed by atoms with van der Waals surface area (Å²) in [5.41, 5.74) is 0.719. The van der Waals surface area contributed by atoms with Crippen LogP contribution in [0.15, 0.2) is 71.3 Å². The van der Waals surface area contributed by atoms with Crippen molar-refractivity contribution < 1.29 is 19.4 Å². The average Bonchev–Trinajstić information content (AvgIpc) is 3.36. The molecule has 0 radical (unpaired) electrons. The molecule has 6 nitrogen and oxygen atoms in total. The Hall–Kier alpha value is -2.96. The van der Waals surface area contributed by atoms with Gasteiger partial charge in [-0.1, -0.05) is 79.9 Å². The fraction of sp³-hybridized carbons (Fsp3) is 0.429. The van der Waals surface area contributed by atoms with Crippen molar-refractivity contribution >= 4 is 5.97 Å². The normalized spacial score (nSPS) is 16.4. The van der Waals surface area contributed by atoms with Gasteiger partial charge in [-0.25, -0.2) is 4.98 Å². The van der Waals surface area contributed by atoms with Crippen molar-refractivity contribution in [2.75, 3.05) is 13.1 Å². The largest absolute Gasteiger partial charge is 0.481 e. The van der Waals surface area contributed by atoms with E-state index in [-0.39, 0.29) is 12.3 Å². The number of oxazole rings is 1. The Kier molecular flexibility index (Phi) is 8.14. The van der Waals surface area contributed by atoms with Crippen LogP contribution < -0.4 is 0 Å². The monoisotopic (exact) mass is 462 g/mol. The lowest BCUT2D eigenvalue weighted by atomic mass is 9.73. The third-order valence-electron chi connectivity index (χ3n) is 6.85. The zero-order valence-corrected chi connectivity index (χ0v) is 19.6. The second-order valence-electron chi connectivity index (χ2n) is 9.25. The second-order valence-corrected chi connectivity index (χ2v) is 9.25. The third kappa shape index (κ3) is 5.93. The zero-order valence-electron chi connectivity index (χ0n) is 19.6. The molecule has 4 rings (SSSR count). The van der Waals surface area contributed by atoms with Crippen molar-refractivity contribution in [1.29, 1.82) is 0 Å². The molecule has 0 aliphatic heterocycles. The molecule has 0 bridgehead atoms. The van der Waals surface area contributed by atoms with Gasteiger partial charge >= 0.3 is 5.97 Å². The van der Waals surface area contributed by atoms with E-state index in [2.05, 4.69) is 9.88 Å². The quantitative estimate of drug-likeness (QED) is 0.417. The molecule has 0 saturated heterocycles. The maximum Gasteiger partial charge on any atom is 0.304 e. The first-order valence-electron chi connectivity index (χ1n) is 12.3. The number of hydrogen-bond donors (Lipinski definition) is 2. The van der Waals surface area contributed by atoms with Gasteiger partial charge in [0.25, 0.3) is 0 Å². The van der Waals surface area contributed by atoms with E-state index in [4.69, 9.17) is 9.52 Å². The highest BCUT2D eigenvalue weighted by atomic mass is 16.4. The van der Waals surface area contributed by atoms with Crippen LogP contribution in [-0.4, -0.2) is 39.2 Å². The molecule has 0 unspecified atom stereocenters. The maximum atomic E-state index is 12.0. The summed E-state index contributed by atoms with van der Waals surface area (Å²) in [6.07, 6.45) is 7.69. The lowest BCUT2D eigenvalue weighted by Crippen LogP contribution is -2.38. The minimum atomic E-state index is -1.24. The molecular weight excluding hydrogens is 428 g/mol. The van der Waals surface area contributed by atoms with Crippen molar-refractivity contribution in [2.45, 2.75) is 57.1 Å². The van der Waals surface area contributed by atoms with E-state index in [1.807, 2.05) is 60.7 Å². The maximum absolute atomic E-state index is 12.0. The Bertz CT molecular complexity index is 1030. The fourth-order valence-electron chi connectivity index (χ4n) is 4.98. The number of nitrogens with zero attached hydrogens (tertiary/aromatic N) is 2. The Morgan fingerprint density at radius 1 is 1.00 bits per heavy atom. The topological polar surface area (TPSA) is 86.8 Å². The molecule has 34 heavy (non-hydrogen) atoms. The number of rotatable bonds is 11. The van der Waals surface area contributed by atoms with Gasteiger partial charge in [0.05, 0.1) is 12.6 Å². The average molecular weight is 463 g/mol. The van der Waals surface area contributed by atoms with Crippen LogP contribution in [0.1, 0.15) is 61.3 Å². The molecule has 6 heteroatoms. The lowest BCUT2D eigenvalue weighted by molar-refractivity contribution is -0.137.